The molecular formula is C28H36Si. The van der Waals surface area contributed by atoms with Gasteiger partial charge in [0.1, 0.15) is 0 Å². The minimum atomic E-state index is -2.03. The SMILES string of the molecule is CC(C)[Si](C(C)C)(C(C)C)C(c1ccccc1)(c1ccccc1)c1ccccc1. The molecule has 0 aliphatic heterocycles. The van der Waals surface area contributed by atoms with Crippen molar-refractivity contribution in [2.24, 2.45) is 0 Å². The second-order valence-corrected chi connectivity index (χ2v) is 15.3. The lowest BCUT2D eigenvalue weighted by molar-refractivity contribution is 0.685. The van der Waals surface area contributed by atoms with E-state index in [2.05, 4.69) is 133 Å². The first kappa shape index (κ1) is 21.6. The van der Waals surface area contributed by atoms with Gasteiger partial charge in [-0.25, -0.2) is 0 Å². The average molecular weight is 401 g/mol. The number of rotatable bonds is 7. The van der Waals surface area contributed by atoms with Crippen molar-refractivity contribution in [2.75, 3.05) is 0 Å². The smallest absolute Gasteiger partial charge is 0.0651 e. The van der Waals surface area contributed by atoms with E-state index in [1.54, 1.807) is 0 Å². The Kier molecular flexibility index (Phi) is 6.48. The van der Waals surface area contributed by atoms with Crippen molar-refractivity contribution in [1.82, 2.24) is 0 Å². The fraction of sp³-hybridized carbons (Fsp3) is 0.357. The van der Waals surface area contributed by atoms with Crippen LogP contribution in [-0.2, 0) is 5.04 Å². The van der Waals surface area contributed by atoms with Gasteiger partial charge in [0.15, 0.2) is 0 Å². The lowest BCUT2D eigenvalue weighted by Gasteiger charge is -2.58. The molecule has 0 spiro atoms. The largest absolute Gasteiger partial charge is 0.0835 e. The summed E-state index contributed by atoms with van der Waals surface area (Å²) in [4.78, 5) is 0. The molecule has 3 rings (SSSR count). The van der Waals surface area contributed by atoms with Crippen LogP contribution in [0.4, 0.5) is 0 Å². The van der Waals surface area contributed by atoms with Crippen molar-refractivity contribution in [3.05, 3.63) is 108 Å². The molecule has 29 heavy (non-hydrogen) atoms. The zero-order valence-corrected chi connectivity index (χ0v) is 19.9. The maximum absolute atomic E-state index is 2.48. The van der Waals surface area contributed by atoms with Crippen LogP contribution in [0, 0.1) is 0 Å². The zero-order chi connectivity index (χ0) is 21.1. The minimum absolute atomic E-state index is 0.104. The highest BCUT2D eigenvalue weighted by Gasteiger charge is 2.60. The van der Waals surface area contributed by atoms with E-state index in [-0.39, 0.29) is 5.04 Å². The predicted octanol–water partition coefficient (Wildman–Crippen LogP) is 8.24. The molecule has 152 valence electrons. The van der Waals surface area contributed by atoms with Crippen LogP contribution in [0.15, 0.2) is 91.0 Å². The van der Waals surface area contributed by atoms with Crippen LogP contribution in [-0.4, -0.2) is 8.07 Å². The molecule has 3 aromatic carbocycles. The van der Waals surface area contributed by atoms with E-state index in [9.17, 15) is 0 Å². The Morgan fingerprint density at radius 3 is 0.897 bits per heavy atom. The van der Waals surface area contributed by atoms with Crippen LogP contribution in [0.25, 0.3) is 0 Å². The fourth-order valence-corrected chi connectivity index (χ4v) is 15.2. The van der Waals surface area contributed by atoms with Gasteiger partial charge < -0.3 is 0 Å². The maximum atomic E-state index is 2.48. The molecule has 0 heterocycles. The summed E-state index contributed by atoms with van der Waals surface area (Å²) in [6.45, 7) is 14.9. The molecule has 3 aromatic rings. The Morgan fingerprint density at radius 1 is 0.448 bits per heavy atom. The average Bonchev–Trinajstić information content (AvgIpc) is 2.73. The molecule has 0 unspecified atom stereocenters. The van der Waals surface area contributed by atoms with Crippen LogP contribution in [0.3, 0.4) is 0 Å². The van der Waals surface area contributed by atoms with Crippen LogP contribution in [0.5, 0.6) is 0 Å². The predicted molar refractivity (Wildman–Crippen MR) is 130 cm³/mol. The van der Waals surface area contributed by atoms with Crippen molar-refractivity contribution in [1.29, 1.82) is 0 Å². The third-order valence-electron chi connectivity index (χ3n) is 7.14. The van der Waals surface area contributed by atoms with Crippen molar-refractivity contribution in [2.45, 2.75) is 63.2 Å². The maximum Gasteiger partial charge on any atom is 0.0835 e. The van der Waals surface area contributed by atoms with E-state index in [0.717, 1.165) is 0 Å². The van der Waals surface area contributed by atoms with E-state index >= 15 is 0 Å². The standard InChI is InChI=1S/C28H36Si/c1-22(2)29(23(3)4,24(5)6)28(25-16-10-7-11-17-25,26-18-12-8-13-19-26)27-20-14-9-15-21-27/h7-24H,1-6H3. The molecule has 0 nitrogen and oxygen atoms in total. The zero-order valence-electron chi connectivity index (χ0n) is 18.9. The fourth-order valence-electron chi connectivity index (χ4n) is 6.61. The third-order valence-corrected chi connectivity index (χ3v) is 15.0. The highest BCUT2D eigenvalue weighted by Crippen LogP contribution is 2.59. The molecular weight excluding hydrogens is 364 g/mol. The molecule has 0 atom stereocenters. The highest BCUT2D eigenvalue weighted by atomic mass is 28.3. The molecule has 0 aliphatic carbocycles. The van der Waals surface area contributed by atoms with Gasteiger partial charge in [0, 0.05) is 5.04 Å². The van der Waals surface area contributed by atoms with Crippen LogP contribution in [0.2, 0.25) is 16.6 Å². The van der Waals surface area contributed by atoms with Gasteiger partial charge in [0.25, 0.3) is 0 Å². The molecule has 0 bridgehead atoms. The van der Waals surface area contributed by atoms with Crippen LogP contribution < -0.4 is 0 Å². The normalized spacial score (nSPS) is 12.7. The quantitative estimate of drug-likeness (QED) is 0.277. The Bertz CT molecular complexity index is 761. The summed E-state index contributed by atoms with van der Waals surface area (Å²) in [6.07, 6.45) is 0. The monoisotopic (exact) mass is 400 g/mol. The summed E-state index contributed by atoms with van der Waals surface area (Å²) in [5.41, 5.74) is 6.22. The summed E-state index contributed by atoms with van der Waals surface area (Å²) in [7, 11) is -2.03. The van der Waals surface area contributed by atoms with E-state index < -0.39 is 8.07 Å². The Morgan fingerprint density at radius 2 is 0.690 bits per heavy atom. The first-order valence-electron chi connectivity index (χ1n) is 11.1. The summed E-state index contributed by atoms with van der Waals surface area (Å²) in [6, 6.07) is 34.0. The van der Waals surface area contributed by atoms with Crippen LogP contribution in [0.1, 0.15) is 58.2 Å². The second-order valence-electron chi connectivity index (χ2n) is 9.25. The van der Waals surface area contributed by atoms with Crippen molar-refractivity contribution < 1.29 is 0 Å². The van der Waals surface area contributed by atoms with Crippen molar-refractivity contribution >= 4 is 8.07 Å². The van der Waals surface area contributed by atoms with Crippen LogP contribution >= 0.6 is 0 Å². The summed E-state index contributed by atoms with van der Waals surface area (Å²) >= 11 is 0. The molecule has 0 radical (unpaired) electrons. The van der Waals surface area contributed by atoms with Gasteiger partial charge in [0.05, 0.1) is 8.07 Å². The molecule has 0 aliphatic rings. The number of hydrogen-bond donors (Lipinski definition) is 0. The molecule has 0 saturated heterocycles. The Balaban J connectivity index is 2.59. The third kappa shape index (κ3) is 3.30. The Labute approximate surface area is 179 Å². The highest BCUT2D eigenvalue weighted by molar-refractivity contribution is 6.87. The lowest BCUT2D eigenvalue weighted by Crippen LogP contribution is -2.63. The van der Waals surface area contributed by atoms with Gasteiger partial charge in [-0.1, -0.05) is 133 Å². The first-order valence-corrected chi connectivity index (χ1v) is 13.3. The van der Waals surface area contributed by atoms with Gasteiger partial charge in [-0.15, -0.1) is 0 Å². The van der Waals surface area contributed by atoms with Gasteiger partial charge >= 0.3 is 0 Å². The lowest BCUT2D eigenvalue weighted by atomic mass is 9.83. The molecule has 0 N–H and O–H groups in total. The summed E-state index contributed by atoms with van der Waals surface area (Å²) < 4.78 is 0. The van der Waals surface area contributed by atoms with Gasteiger partial charge in [-0.05, 0) is 33.3 Å². The molecule has 0 amide bonds. The van der Waals surface area contributed by atoms with E-state index in [4.69, 9.17) is 0 Å². The minimum Gasteiger partial charge on any atom is -0.0651 e. The number of benzene rings is 3. The molecule has 0 saturated carbocycles. The number of hydrogen-bond acceptors (Lipinski definition) is 0. The summed E-state index contributed by atoms with van der Waals surface area (Å²) in [5.74, 6) is 0. The second kappa shape index (κ2) is 8.71. The molecule has 1 heteroatoms. The van der Waals surface area contributed by atoms with Crippen molar-refractivity contribution in [3.8, 4) is 0 Å². The van der Waals surface area contributed by atoms with Gasteiger partial charge in [-0.3, -0.25) is 0 Å². The van der Waals surface area contributed by atoms with Gasteiger partial charge in [-0.2, -0.15) is 0 Å². The first-order chi connectivity index (χ1) is 13.9. The van der Waals surface area contributed by atoms with E-state index in [1.807, 2.05) is 0 Å². The van der Waals surface area contributed by atoms with Gasteiger partial charge in [0.2, 0.25) is 0 Å². The van der Waals surface area contributed by atoms with E-state index in [0.29, 0.717) is 16.6 Å². The topological polar surface area (TPSA) is 0 Å². The van der Waals surface area contributed by atoms with E-state index in [1.165, 1.54) is 16.7 Å². The van der Waals surface area contributed by atoms with Crippen molar-refractivity contribution in [3.63, 3.8) is 0 Å². The molecule has 0 fully saturated rings. The Hall–Kier alpha value is -2.12. The molecule has 0 aromatic heterocycles. The summed E-state index contributed by atoms with van der Waals surface area (Å²) in [5, 5.41) is -0.104.